The highest BCUT2D eigenvalue weighted by atomic mass is 35.5. The van der Waals surface area contributed by atoms with E-state index in [-0.39, 0.29) is 29.9 Å². The monoisotopic (exact) mass is 317 g/mol. The average Bonchev–Trinajstić information content (AvgIpc) is 2.47. The van der Waals surface area contributed by atoms with E-state index >= 15 is 0 Å². The van der Waals surface area contributed by atoms with Crippen molar-refractivity contribution in [2.24, 2.45) is 5.73 Å². The summed E-state index contributed by atoms with van der Waals surface area (Å²) in [7, 11) is 1.43. The molecule has 7 nitrogen and oxygen atoms in total. The van der Waals surface area contributed by atoms with E-state index in [1.54, 1.807) is 12.1 Å². The molecular weight excluding hydrogens is 298 g/mol. The molecule has 0 radical (unpaired) electrons. The van der Waals surface area contributed by atoms with Gasteiger partial charge in [-0.15, -0.1) is 12.4 Å². The number of rotatable bonds is 5. The Balaban J connectivity index is 0.00000220. The summed E-state index contributed by atoms with van der Waals surface area (Å²) < 4.78 is 10.5. The largest absolute Gasteiger partial charge is 0.490 e. The van der Waals surface area contributed by atoms with Gasteiger partial charge in [0.2, 0.25) is 0 Å². The molecule has 1 unspecified atom stereocenters. The Morgan fingerprint density at radius 2 is 2.33 bits per heavy atom. The summed E-state index contributed by atoms with van der Waals surface area (Å²) in [6.45, 7) is 3.32. The van der Waals surface area contributed by atoms with Crippen LogP contribution in [0.15, 0.2) is 18.2 Å². The maximum atomic E-state index is 11.0. The van der Waals surface area contributed by atoms with Crippen LogP contribution in [-0.2, 0) is 11.3 Å². The fourth-order valence-corrected chi connectivity index (χ4v) is 2.30. The van der Waals surface area contributed by atoms with E-state index in [1.807, 2.05) is 6.07 Å². The molecule has 1 aromatic rings. The highest BCUT2D eigenvalue weighted by Gasteiger charge is 2.21. The Hall–Kier alpha value is -1.41. The van der Waals surface area contributed by atoms with E-state index in [1.165, 1.54) is 7.11 Å². The number of morpholine rings is 1. The Kier molecular flexibility index (Phi) is 6.83. The number of nitro groups is 1. The quantitative estimate of drug-likeness (QED) is 0.648. The Labute approximate surface area is 129 Å². The van der Waals surface area contributed by atoms with Gasteiger partial charge >= 0.3 is 5.69 Å². The Bertz CT molecular complexity index is 486. The standard InChI is InChI=1S/C13H19N3O4.ClH/c1-19-13-3-2-10(6-12(13)16(17)18)8-15-4-5-20-11(7-14)9-15;/h2-3,6,11H,4-5,7-9,14H2,1H3;1H. The third-order valence-electron chi connectivity index (χ3n) is 3.33. The van der Waals surface area contributed by atoms with E-state index in [0.29, 0.717) is 19.7 Å². The van der Waals surface area contributed by atoms with Crippen LogP contribution in [0.5, 0.6) is 5.75 Å². The Morgan fingerprint density at radius 1 is 1.57 bits per heavy atom. The van der Waals surface area contributed by atoms with Crippen LogP contribution in [0.2, 0.25) is 0 Å². The van der Waals surface area contributed by atoms with Gasteiger partial charge in [0.25, 0.3) is 0 Å². The lowest BCUT2D eigenvalue weighted by atomic mass is 10.1. The topological polar surface area (TPSA) is 90.9 Å². The second-order valence-corrected chi connectivity index (χ2v) is 4.73. The van der Waals surface area contributed by atoms with E-state index in [2.05, 4.69) is 4.90 Å². The summed E-state index contributed by atoms with van der Waals surface area (Å²) in [5.74, 6) is 0.278. The van der Waals surface area contributed by atoms with Gasteiger partial charge in [0.05, 0.1) is 24.7 Å². The zero-order chi connectivity index (χ0) is 14.5. The molecule has 1 fully saturated rings. The van der Waals surface area contributed by atoms with Crippen molar-refractivity contribution >= 4 is 18.1 Å². The second-order valence-electron chi connectivity index (χ2n) is 4.73. The maximum Gasteiger partial charge on any atom is 0.311 e. The van der Waals surface area contributed by atoms with Crippen molar-refractivity contribution in [3.8, 4) is 5.75 Å². The number of methoxy groups -OCH3 is 1. The molecule has 2 N–H and O–H groups in total. The minimum atomic E-state index is -0.426. The number of benzene rings is 1. The summed E-state index contributed by atoms with van der Waals surface area (Å²) >= 11 is 0. The molecule has 0 saturated carbocycles. The third-order valence-corrected chi connectivity index (χ3v) is 3.33. The molecule has 1 aliphatic rings. The van der Waals surface area contributed by atoms with Crippen molar-refractivity contribution in [2.45, 2.75) is 12.6 Å². The smallest absolute Gasteiger partial charge is 0.311 e. The molecule has 0 aromatic heterocycles. The number of hydrogen-bond acceptors (Lipinski definition) is 6. The van der Waals surface area contributed by atoms with Crippen LogP contribution < -0.4 is 10.5 Å². The highest BCUT2D eigenvalue weighted by molar-refractivity contribution is 5.85. The van der Waals surface area contributed by atoms with Crippen molar-refractivity contribution in [2.75, 3.05) is 33.4 Å². The van der Waals surface area contributed by atoms with Gasteiger partial charge in [-0.3, -0.25) is 15.0 Å². The summed E-state index contributed by atoms with van der Waals surface area (Å²) in [5, 5.41) is 11.0. The zero-order valence-electron chi connectivity index (χ0n) is 11.9. The van der Waals surface area contributed by atoms with Gasteiger partial charge in [-0.1, -0.05) is 6.07 Å². The molecule has 1 heterocycles. The van der Waals surface area contributed by atoms with E-state index in [4.69, 9.17) is 15.2 Å². The molecule has 1 aromatic carbocycles. The third kappa shape index (κ3) is 4.53. The van der Waals surface area contributed by atoms with Crippen molar-refractivity contribution in [3.05, 3.63) is 33.9 Å². The van der Waals surface area contributed by atoms with Crippen molar-refractivity contribution < 1.29 is 14.4 Å². The van der Waals surface area contributed by atoms with Crippen LogP contribution in [0.25, 0.3) is 0 Å². The molecular formula is C13H20ClN3O4. The predicted molar refractivity (Wildman–Crippen MR) is 81.0 cm³/mol. The fraction of sp³-hybridized carbons (Fsp3) is 0.538. The summed E-state index contributed by atoms with van der Waals surface area (Å²) in [5.41, 5.74) is 6.48. The van der Waals surface area contributed by atoms with Gasteiger partial charge in [-0.05, 0) is 11.6 Å². The summed E-state index contributed by atoms with van der Waals surface area (Å²) in [6, 6.07) is 5.04. The van der Waals surface area contributed by atoms with E-state index < -0.39 is 4.92 Å². The second kappa shape index (κ2) is 8.14. The van der Waals surface area contributed by atoms with Crippen LogP contribution in [-0.4, -0.2) is 49.3 Å². The van der Waals surface area contributed by atoms with Crippen molar-refractivity contribution in [1.82, 2.24) is 4.90 Å². The normalized spacial score (nSPS) is 18.9. The number of halogens is 1. The molecule has 0 bridgehead atoms. The van der Waals surface area contributed by atoms with Gasteiger partial charge in [-0.2, -0.15) is 0 Å². The van der Waals surface area contributed by atoms with E-state index in [9.17, 15) is 10.1 Å². The first-order chi connectivity index (χ1) is 9.63. The Morgan fingerprint density at radius 3 is 2.95 bits per heavy atom. The van der Waals surface area contributed by atoms with Crippen LogP contribution in [0, 0.1) is 10.1 Å². The van der Waals surface area contributed by atoms with Gasteiger partial charge < -0.3 is 15.2 Å². The fourth-order valence-electron chi connectivity index (χ4n) is 2.30. The number of hydrogen-bond donors (Lipinski definition) is 1. The molecule has 0 aliphatic carbocycles. The lowest BCUT2D eigenvalue weighted by molar-refractivity contribution is -0.385. The molecule has 2 rings (SSSR count). The minimum absolute atomic E-state index is 0. The first kappa shape index (κ1) is 17.6. The SMILES string of the molecule is COc1ccc(CN2CCOC(CN)C2)cc1[N+](=O)[O-].Cl. The maximum absolute atomic E-state index is 11.0. The molecule has 1 aliphatic heterocycles. The first-order valence-electron chi connectivity index (χ1n) is 6.49. The van der Waals surface area contributed by atoms with Crippen LogP contribution >= 0.6 is 12.4 Å². The van der Waals surface area contributed by atoms with Gasteiger partial charge in [0.1, 0.15) is 0 Å². The van der Waals surface area contributed by atoms with E-state index in [0.717, 1.165) is 18.7 Å². The average molecular weight is 318 g/mol. The zero-order valence-corrected chi connectivity index (χ0v) is 12.7. The first-order valence-corrected chi connectivity index (χ1v) is 6.49. The van der Waals surface area contributed by atoms with Gasteiger partial charge in [0.15, 0.2) is 5.75 Å². The van der Waals surface area contributed by atoms with Crippen molar-refractivity contribution in [3.63, 3.8) is 0 Å². The minimum Gasteiger partial charge on any atom is -0.490 e. The molecule has 1 atom stereocenters. The number of nitro benzene ring substituents is 1. The number of ether oxygens (including phenoxy) is 2. The van der Waals surface area contributed by atoms with Crippen LogP contribution in [0.1, 0.15) is 5.56 Å². The molecule has 1 saturated heterocycles. The van der Waals surface area contributed by atoms with Crippen LogP contribution in [0.4, 0.5) is 5.69 Å². The van der Waals surface area contributed by atoms with Crippen LogP contribution in [0.3, 0.4) is 0 Å². The summed E-state index contributed by atoms with van der Waals surface area (Å²) in [6.07, 6.45) is 0.0389. The van der Waals surface area contributed by atoms with Gasteiger partial charge in [-0.25, -0.2) is 0 Å². The number of nitrogens with two attached hydrogens (primary N) is 1. The summed E-state index contributed by atoms with van der Waals surface area (Å²) in [4.78, 5) is 12.8. The highest BCUT2D eigenvalue weighted by Crippen LogP contribution is 2.28. The molecule has 21 heavy (non-hydrogen) atoms. The van der Waals surface area contributed by atoms with Crippen molar-refractivity contribution in [1.29, 1.82) is 0 Å². The molecule has 118 valence electrons. The molecule has 0 amide bonds. The van der Waals surface area contributed by atoms with Gasteiger partial charge in [0, 0.05) is 32.2 Å². The molecule has 0 spiro atoms. The number of nitrogens with zero attached hydrogens (tertiary/aromatic N) is 2. The lowest BCUT2D eigenvalue weighted by Gasteiger charge is -2.32. The molecule has 8 heteroatoms. The predicted octanol–water partition coefficient (Wildman–Crippen LogP) is 1.18. The lowest BCUT2D eigenvalue weighted by Crippen LogP contribution is -2.45.